The summed E-state index contributed by atoms with van der Waals surface area (Å²) in [5.41, 5.74) is 1.80. The van der Waals surface area contributed by atoms with Crippen LogP contribution in [0.25, 0.3) is 0 Å². The van der Waals surface area contributed by atoms with Crippen molar-refractivity contribution < 1.29 is 23.7 Å². The molecule has 2 heterocycles. The normalized spacial score (nSPS) is 14.2. The van der Waals surface area contributed by atoms with Gasteiger partial charge in [-0.3, -0.25) is 4.79 Å². The highest BCUT2D eigenvalue weighted by Crippen LogP contribution is 2.32. The van der Waals surface area contributed by atoms with Crippen molar-refractivity contribution in [2.75, 3.05) is 26.6 Å². The lowest BCUT2D eigenvalue weighted by atomic mass is 10.1. The van der Waals surface area contributed by atoms with E-state index in [0.29, 0.717) is 36.8 Å². The molecule has 0 saturated heterocycles. The Hall–Kier alpha value is -2.89. The monoisotopic (exact) mass is 355 g/mol. The highest BCUT2D eigenvalue weighted by molar-refractivity contribution is 5.94. The summed E-state index contributed by atoms with van der Waals surface area (Å²) in [6.45, 7) is 2.05. The van der Waals surface area contributed by atoms with E-state index in [2.05, 4.69) is 11.4 Å². The second-order valence-corrected chi connectivity index (χ2v) is 6.26. The van der Waals surface area contributed by atoms with Gasteiger partial charge in [-0.25, -0.2) is 0 Å². The number of unbranched alkanes of at least 4 members (excludes halogenated alkanes) is 1. The molecular formula is C20H21NO5. The predicted octanol–water partition coefficient (Wildman–Crippen LogP) is 2.94. The fourth-order valence-electron chi connectivity index (χ4n) is 3.04. The molecule has 0 aromatic heterocycles. The molecule has 4 rings (SSSR count). The van der Waals surface area contributed by atoms with E-state index in [1.807, 2.05) is 12.1 Å². The summed E-state index contributed by atoms with van der Waals surface area (Å²) in [5, 5.41) is 2.95. The number of benzene rings is 2. The molecule has 2 aliphatic heterocycles. The largest absolute Gasteiger partial charge is 0.486 e. The van der Waals surface area contributed by atoms with E-state index in [-0.39, 0.29) is 12.7 Å². The van der Waals surface area contributed by atoms with Crippen LogP contribution < -0.4 is 24.3 Å². The summed E-state index contributed by atoms with van der Waals surface area (Å²) in [4.78, 5) is 12.2. The van der Waals surface area contributed by atoms with Crippen LogP contribution in [0.2, 0.25) is 0 Å². The zero-order valence-electron chi connectivity index (χ0n) is 14.5. The minimum Gasteiger partial charge on any atom is -0.486 e. The molecule has 0 atom stereocenters. The molecule has 6 nitrogen and oxygen atoms in total. The molecule has 6 heteroatoms. The zero-order valence-corrected chi connectivity index (χ0v) is 14.5. The quantitative estimate of drug-likeness (QED) is 0.807. The first-order valence-electron chi connectivity index (χ1n) is 8.86. The van der Waals surface area contributed by atoms with E-state index >= 15 is 0 Å². The Balaban J connectivity index is 1.21. The van der Waals surface area contributed by atoms with E-state index < -0.39 is 0 Å². The van der Waals surface area contributed by atoms with Crippen LogP contribution in [0.5, 0.6) is 23.0 Å². The van der Waals surface area contributed by atoms with Crippen molar-refractivity contribution >= 4 is 5.91 Å². The maximum Gasteiger partial charge on any atom is 0.251 e. The number of aryl methyl sites for hydroxylation is 1. The molecule has 0 unspecified atom stereocenters. The first-order chi connectivity index (χ1) is 12.8. The van der Waals surface area contributed by atoms with Crippen molar-refractivity contribution in [3.8, 4) is 23.0 Å². The molecule has 2 aromatic carbocycles. The van der Waals surface area contributed by atoms with Crippen LogP contribution >= 0.6 is 0 Å². The van der Waals surface area contributed by atoms with E-state index in [0.717, 1.165) is 30.8 Å². The Bertz CT molecular complexity index is 805. The number of amides is 1. The maximum atomic E-state index is 12.2. The summed E-state index contributed by atoms with van der Waals surface area (Å²) < 4.78 is 21.7. The summed E-state index contributed by atoms with van der Waals surface area (Å²) in [5.74, 6) is 2.85. The minimum absolute atomic E-state index is 0.0948. The number of carbonyl (C=O) groups excluding carboxylic acids is 1. The number of fused-ring (bicyclic) bond motifs is 2. The van der Waals surface area contributed by atoms with E-state index in [1.165, 1.54) is 5.56 Å². The van der Waals surface area contributed by atoms with Gasteiger partial charge in [0.1, 0.15) is 13.2 Å². The topological polar surface area (TPSA) is 66.0 Å². The van der Waals surface area contributed by atoms with E-state index in [4.69, 9.17) is 18.9 Å². The van der Waals surface area contributed by atoms with Crippen LogP contribution in [-0.2, 0) is 6.42 Å². The Labute approximate surface area is 152 Å². The molecule has 2 aromatic rings. The maximum absolute atomic E-state index is 12.2. The van der Waals surface area contributed by atoms with Crippen molar-refractivity contribution in [1.29, 1.82) is 0 Å². The van der Waals surface area contributed by atoms with Gasteiger partial charge >= 0.3 is 0 Å². The van der Waals surface area contributed by atoms with Crippen molar-refractivity contribution in [1.82, 2.24) is 5.32 Å². The molecule has 136 valence electrons. The van der Waals surface area contributed by atoms with Crippen LogP contribution in [0.1, 0.15) is 28.8 Å². The molecule has 2 aliphatic rings. The van der Waals surface area contributed by atoms with Gasteiger partial charge < -0.3 is 24.3 Å². The summed E-state index contributed by atoms with van der Waals surface area (Å²) in [6, 6.07) is 11.3. The minimum atomic E-state index is -0.0948. The summed E-state index contributed by atoms with van der Waals surface area (Å²) >= 11 is 0. The second kappa shape index (κ2) is 7.56. The van der Waals surface area contributed by atoms with Crippen LogP contribution in [0.15, 0.2) is 36.4 Å². The second-order valence-electron chi connectivity index (χ2n) is 6.26. The van der Waals surface area contributed by atoms with Crippen molar-refractivity contribution in [2.24, 2.45) is 0 Å². The number of hydrogen-bond donors (Lipinski definition) is 1. The van der Waals surface area contributed by atoms with Gasteiger partial charge in [-0.1, -0.05) is 6.07 Å². The Morgan fingerprint density at radius 3 is 2.50 bits per heavy atom. The van der Waals surface area contributed by atoms with Gasteiger partial charge in [-0.2, -0.15) is 0 Å². The van der Waals surface area contributed by atoms with Crippen LogP contribution in [0.3, 0.4) is 0 Å². The average molecular weight is 355 g/mol. The average Bonchev–Trinajstić information content (AvgIpc) is 3.15. The van der Waals surface area contributed by atoms with Gasteiger partial charge in [0.15, 0.2) is 23.0 Å². The van der Waals surface area contributed by atoms with Crippen LogP contribution in [0.4, 0.5) is 0 Å². The molecule has 26 heavy (non-hydrogen) atoms. The smallest absolute Gasteiger partial charge is 0.251 e. The lowest BCUT2D eigenvalue weighted by Crippen LogP contribution is -2.24. The van der Waals surface area contributed by atoms with Crippen molar-refractivity contribution in [3.63, 3.8) is 0 Å². The number of hydrogen-bond acceptors (Lipinski definition) is 5. The number of carbonyl (C=O) groups is 1. The molecule has 0 saturated carbocycles. The number of nitrogens with one attached hydrogen (secondary N) is 1. The molecule has 0 bridgehead atoms. The Morgan fingerprint density at radius 1 is 0.846 bits per heavy atom. The van der Waals surface area contributed by atoms with Gasteiger partial charge in [0, 0.05) is 12.1 Å². The van der Waals surface area contributed by atoms with Crippen LogP contribution in [0, 0.1) is 0 Å². The first kappa shape index (κ1) is 16.6. The third-order valence-electron chi connectivity index (χ3n) is 4.42. The SMILES string of the molecule is O=C(NCCCCc1ccc2c(c1)OCCO2)c1ccc2c(c1)OCO2. The molecule has 0 spiro atoms. The highest BCUT2D eigenvalue weighted by Gasteiger charge is 2.16. The van der Waals surface area contributed by atoms with Crippen molar-refractivity contribution in [2.45, 2.75) is 19.3 Å². The standard InChI is InChI=1S/C20H21NO5/c22-20(15-5-7-17-19(12-15)26-13-25-17)21-8-2-1-3-14-4-6-16-18(11-14)24-10-9-23-16/h4-7,11-12H,1-3,8-10,13H2,(H,21,22). The lowest BCUT2D eigenvalue weighted by Gasteiger charge is -2.18. The number of ether oxygens (including phenoxy) is 4. The Morgan fingerprint density at radius 2 is 1.58 bits per heavy atom. The van der Waals surface area contributed by atoms with Crippen LogP contribution in [-0.4, -0.2) is 32.5 Å². The third kappa shape index (κ3) is 3.69. The number of rotatable bonds is 6. The fourth-order valence-corrected chi connectivity index (χ4v) is 3.04. The van der Waals surface area contributed by atoms with Gasteiger partial charge in [-0.05, 0) is 55.2 Å². The summed E-state index contributed by atoms with van der Waals surface area (Å²) in [6.07, 6.45) is 2.84. The van der Waals surface area contributed by atoms with Gasteiger partial charge in [0.2, 0.25) is 6.79 Å². The first-order valence-corrected chi connectivity index (χ1v) is 8.86. The molecule has 1 N–H and O–H groups in total. The van der Waals surface area contributed by atoms with Gasteiger partial charge in [0.05, 0.1) is 0 Å². The van der Waals surface area contributed by atoms with Gasteiger partial charge in [0.25, 0.3) is 5.91 Å². The highest BCUT2D eigenvalue weighted by atomic mass is 16.7. The fraction of sp³-hybridized carbons (Fsp3) is 0.350. The van der Waals surface area contributed by atoms with E-state index in [1.54, 1.807) is 18.2 Å². The third-order valence-corrected chi connectivity index (χ3v) is 4.42. The molecular weight excluding hydrogens is 334 g/mol. The lowest BCUT2D eigenvalue weighted by molar-refractivity contribution is 0.0952. The molecule has 0 fully saturated rings. The molecule has 0 aliphatic carbocycles. The predicted molar refractivity (Wildman–Crippen MR) is 95.3 cm³/mol. The van der Waals surface area contributed by atoms with Gasteiger partial charge in [-0.15, -0.1) is 0 Å². The van der Waals surface area contributed by atoms with E-state index in [9.17, 15) is 4.79 Å². The summed E-state index contributed by atoms with van der Waals surface area (Å²) in [7, 11) is 0. The van der Waals surface area contributed by atoms with Crippen molar-refractivity contribution in [3.05, 3.63) is 47.5 Å². The molecule has 1 amide bonds. The zero-order chi connectivity index (χ0) is 17.8. The Kier molecular flexibility index (Phi) is 4.82. The molecule has 0 radical (unpaired) electrons.